The van der Waals surface area contributed by atoms with Gasteiger partial charge in [-0.25, -0.2) is 0 Å². The van der Waals surface area contributed by atoms with Crippen LogP contribution in [0.5, 0.6) is 0 Å². The maximum absolute atomic E-state index is 4.51. The Hall–Kier alpha value is -0.570. The van der Waals surface area contributed by atoms with Gasteiger partial charge in [0.2, 0.25) is 0 Å². The number of oxime groups is 1. The minimum absolute atomic E-state index is 0.778. The lowest BCUT2D eigenvalue weighted by Gasteiger charge is -1.80. The fourth-order valence-corrected chi connectivity index (χ4v) is 0.636. The molecule has 2 aliphatic rings. The van der Waals surface area contributed by atoms with Crippen molar-refractivity contribution in [3.63, 3.8) is 0 Å². The lowest BCUT2D eigenvalue weighted by atomic mass is 10.5. The number of nitrogens with zero attached hydrogens (tertiary/aromatic N) is 1. The molecule has 1 saturated carbocycles. The molecule has 10 heavy (non-hydrogen) atoms. The Morgan fingerprint density at radius 3 is 2.50 bits per heavy atom. The van der Waals surface area contributed by atoms with Crippen LogP contribution in [-0.2, 0) is 4.84 Å². The third-order valence-electron chi connectivity index (χ3n) is 1.47. The third-order valence-corrected chi connectivity index (χ3v) is 1.47. The molecule has 1 N–H and O–H groups in total. The normalized spacial score (nSPS) is 21.3. The topological polar surface area (TPSA) is 33.6 Å². The molecule has 0 aromatic rings. The molecule has 0 saturated heterocycles. The molecule has 0 bridgehead atoms. The van der Waals surface area contributed by atoms with Gasteiger partial charge in [-0.1, -0.05) is 5.16 Å². The molecule has 2 rings (SSSR count). The molecule has 0 spiro atoms. The van der Waals surface area contributed by atoms with Crippen LogP contribution in [0.25, 0.3) is 0 Å². The van der Waals surface area contributed by atoms with Gasteiger partial charge in [0.05, 0.1) is 0 Å². The summed E-state index contributed by atoms with van der Waals surface area (Å²) in [5, 5.41) is 6.60. The lowest BCUT2D eigenvalue weighted by Crippen LogP contribution is -2.06. The van der Waals surface area contributed by atoms with Gasteiger partial charge in [0.25, 0.3) is 0 Å². The van der Waals surface area contributed by atoms with Gasteiger partial charge in [-0.3, -0.25) is 0 Å². The van der Waals surface area contributed by atoms with Gasteiger partial charge >= 0.3 is 0 Å². The van der Waals surface area contributed by atoms with Crippen LogP contribution in [0.3, 0.4) is 0 Å². The van der Waals surface area contributed by atoms with E-state index in [9.17, 15) is 0 Å². The van der Waals surface area contributed by atoms with Crippen LogP contribution in [0.4, 0.5) is 0 Å². The Balaban J connectivity index is 0.0000001000. The van der Waals surface area contributed by atoms with E-state index in [0.717, 1.165) is 19.1 Å². The molecule has 0 aromatic carbocycles. The van der Waals surface area contributed by atoms with E-state index in [1.165, 1.54) is 12.8 Å². The van der Waals surface area contributed by atoms with Crippen molar-refractivity contribution < 1.29 is 4.84 Å². The average molecular weight is 142 g/mol. The first-order valence-corrected chi connectivity index (χ1v) is 3.74. The largest absolute Gasteiger partial charge is 0.396 e. The van der Waals surface area contributed by atoms with E-state index in [4.69, 9.17) is 0 Å². The van der Waals surface area contributed by atoms with E-state index in [2.05, 4.69) is 15.3 Å². The van der Waals surface area contributed by atoms with Crippen LogP contribution in [0, 0.1) is 0 Å². The van der Waals surface area contributed by atoms with Gasteiger partial charge in [0, 0.05) is 18.7 Å². The molecular weight excluding hydrogens is 128 g/mol. The van der Waals surface area contributed by atoms with E-state index in [1.54, 1.807) is 6.21 Å². The molecule has 0 aromatic heterocycles. The quantitative estimate of drug-likeness (QED) is 0.586. The molecule has 3 nitrogen and oxygen atoms in total. The molecule has 0 radical (unpaired) electrons. The molecule has 58 valence electrons. The smallest absolute Gasteiger partial charge is 0.122 e. The molecule has 1 heterocycles. The predicted molar refractivity (Wildman–Crippen MR) is 41.1 cm³/mol. The zero-order valence-electron chi connectivity index (χ0n) is 6.34. The Bertz CT molecular complexity index is 104. The van der Waals surface area contributed by atoms with Crippen LogP contribution in [0.1, 0.15) is 19.3 Å². The van der Waals surface area contributed by atoms with Gasteiger partial charge in [-0.05, 0) is 19.9 Å². The summed E-state index contributed by atoms with van der Waals surface area (Å²) in [6.45, 7) is 0.778. The molecular formula is C7H14N2O. The highest BCUT2D eigenvalue weighted by atomic mass is 16.6. The molecule has 0 amide bonds. The second-order valence-corrected chi connectivity index (χ2v) is 2.47. The van der Waals surface area contributed by atoms with Gasteiger partial charge in [-0.15, -0.1) is 0 Å². The first-order chi connectivity index (χ1) is 4.93. The summed E-state index contributed by atoms with van der Waals surface area (Å²) in [5.41, 5.74) is 0. The second kappa shape index (κ2) is 4.28. The fourth-order valence-electron chi connectivity index (χ4n) is 0.636. The van der Waals surface area contributed by atoms with Gasteiger partial charge < -0.3 is 10.2 Å². The number of nitrogens with one attached hydrogen (secondary N) is 1. The standard InChI is InChI=1S/C4H9N.C3H5NO/c1-5-4-2-3-4;1-2-4-5-3-1/h4-5H,2-3H2,1H3;2H,1,3H2. The zero-order chi connectivity index (χ0) is 7.23. The molecule has 0 unspecified atom stereocenters. The van der Waals surface area contributed by atoms with Crippen LogP contribution < -0.4 is 5.32 Å². The highest BCUT2D eigenvalue weighted by Crippen LogP contribution is 2.16. The van der Waals surface area contributed by atoms with E-state index in [0.29, 0.717) is 0 Å². The zero-order valence-corrected chi connectivity index (χ0v) is 6.34. The van der Waals surface area contributed by atoms with Crippen molar-refractivity contribution in [1.29, 1.82) is 0 Å². The van der Waals surface area contributed by atoms with E-state index in [1.807, 2.05) is 7.05 Å². The van der Waals surface area contributed by atoms with Gasteiger partial charge in [0.1, 0.15) is 6.61 Å². The maximum Gasteiger partial charge on any atom is 0.122 e. The van der Waals surface area contributed by atoms with Crippen LogP contribution in [0.2, 0.25) is 0 Å². The molecule has 1 aliphatic heterocycles. The lowest BCUT2D eigenvalue weighted by molar-refractivity contribution is 0.174. The first-order valence-electron chi connectivity index (χ1n) is 3.74. The Kier molecular flexibility index (Phi) is 3.22. The van der Waals surface area contributed by atoms with Crippen molar-refractivity contribution in [3.8, 4) is 0 Å². The number of hydrogen-bond acceptors (Lipinski definition) is 3. The number of rotatable bonds is 1. The molecule has 1 fully saturated rings. The van der Waals surface area contributed by atoms with Crippen molar-refractivity contribution in [3.05, 3.63) is 0 Å². The van der Waals surface area contributed by atoms with Crippen LogP contribution >= 0.6 is 0 Å². The summed E-state index contributed by atoms with van der Waals surface area (Å²) in [6.07, 6.45) is 5.55. The minimum Gasteiger partial charge on any atom is -0.396 e. The van der Waals surface area contributed by atoms with Crippen LogP contribution in [0.15, 0.2) is 5.16 Å². The van der Waals surface area contributed by atoms with Crippen molar-refractivity contribution in [2.75, 3.05) is 13.7 Å². The van der Waals surface area contributed by atoms with E-state index in [-0.39, 0.29) is 0 Å². The molecule has 1 aliphatic carbocycles. The third kappa shape index (κ3) is 3.45. The summed E-state index contributed by atoms with van der Waals surface area (Å²) in [4.78, 5) is 4.51. The fraction of sp³-hybridized carbons (Fsp3) is 0.857. The van der Waals surface area contributed by atoms with Crippen molar-refractivity contribution in [2.45, 2.75) is 25.3 Å². The first kappa shape index (κ1) is 7.54. The second-order valence-electron chi connectivity index (χ2n) is 2.47. The predicted octanol–water partition coefficient (Wildman–Crippen LogP) is 0.761. The van der Waals surface area contributed by atoms with Crippen molar-refractivity contribution in [2.24, 2.45) is 5.16 Å². The maximum atomic E-state index is 4.51. The Labute approximate surface area is 61.4 Å². The summed E-state index contributed by atoms with van der Waals surface area (Å²) in [7, 11) is 2.01. The van der Waals surface area contributed by atoms with Crippen molar-refractivity contribution >= 4 is 6.21 Å². The highest BCUT2D eigenvalue weighted by molar-refractivity contribution is 5.57. The average Bonchev–Trinajstić information content (AvgIpc) is 2.63. The molecule has 0 atom stereocenters. The van der Waals surface area contributed by atoms with Gasteiger partial charge in [0.15, 0.2) is 0 Å². The van der Waals surface area contributed by atoms with Crippen molar-refractivity contribution in [1.82, 2.24) is 5.32 Å². The van der Waals surface area contributed by atoms with E-state index < -0.39 is 0 Å². The summed E-state index contributed by atoms with van der Waals surface area (Å²) in [6, 6.07) is 0.884. The Morgan fingerprint density at radius 2 is 2.40 bits per heavy atom. The molecule has 3 heteroatoms. The Morgan fingerprint density at radius 1 is 1.60 bits per heavy atom. The van der Waals surface area contributed by atoms with Crippen LogP contribution in [-0.4, -0.2) is 25.9 Å². The SMILES string of the molecule is C1=NOCC1.CNC1CC1. The summed E-state index contributed by atoms with van der Waals surface area (Å²) >= 11 is 0. The van der Waals surface area contributed by atoms with Gasteiger partial charge in [-0.2, -0.15) is 0 Å². The monoisotopic (exact) mass is 142 g/mol. The van der Waals surface area contributed by atoms with E-state index >= 15 is 0 Å². The number of hydrogen-bond donors (Lipinski definition) is 1. The summed E-state index contributed by atoms with van der Waals surface area (Å²) < 4.78 is 0. The minimum atomic E-state index is 0.778. The highest BCUT2D eigenvalue weighted by Gasteiger charge is 2.17. The summed E-state index contributed by atoms with van der Waals surface area (Å²) in [5.74, 6) is 0.